The minimum absolute atomic E-state index is 0.136. The van der Waals surface area contributed by atoms with Gasteiger partial charge in [0.25, 0.3) is 5.88 Å². The lowest BCUT2D eigenvalue weighted by Gasteiger charge is -2.07. The largest absolute Gasteiger partial charge is 0.436 e. The predicted molar refractivity (Wildman–Crippen MR) is 61.6 cm³/mol. The minimum Gasteiger partial charge on any atom is -0.436 e. The number of aliphatic hydroxyl groups is 1. The van der Waals surface area contributed by atoms with Crippen LogP contribution in [0.4, 0.5) is 4.39 Å². The van der Waals surface area contributed by atoms with Gasteiger partial charge in [-0.15, -0.1) is 0 Å². The Labute approximate surface area is 102 Å². The number of nitrogens with zero attached hydrogens (tertiary/aromatic N) is 1. The second-order valence-electron chi connectivity index (χ2n) is 3.31. The highest BCUT2D eigenvalue weighted by molar-refractivity contribution is 6.30. The fourth-order valence-electron chi connectivity index (χ4n) is 1.30. The Morgan fingerprint density at radius 3 is 2.88 bits per heavy atom. The third-order valence-corrected chi connectivity index (χ3v) is 2.35. The third-order valence-electron chi connectivity index (χ3n) is 2.12. The second kappa shape index (κ2) is 5.12. The van der Waals surface area contributed by atoms with Crippen LogP contribution in [0.5, 0.6) is 11.6 Å². The Morgan fingerprint density at radius 2 is 2.18 bits per heavy atom. The number of hydrogen-bond acceptors (Lipinski definition) is 3. The van der Waals surface area contributed by atoms with Crippen molar-refractivity contribution in [1.29, 1.82) is 0 Å². The highest BCUT2D eigenvalue weighted by Crippen LogP contribution is 2.25. The maximum absolute atomic E-state index is 13.7. The van der Waals surface area contributed by atoms with Crippen LogP contribution in [-0.2, 0) is 6.61 Å². The van der Waals surface area contributed by atoms with Crippen LogP contribution in [-0.4, -0.2) is 10.1 Å². The standard InChI is InChI=1S/C12H9ClFNO2/c13-9-2-1-3-10(6-9)17-12-11(14)8(7-16)4-5-15-12/h1-6,16H,7H2. The van der Waals surface area contributed by atoms with Gasteiger partial charge in [0, 0.05) is 16.8 Å². The van der Waals surface area contributed by atoms with Crippen molar-refractivity contribution < 1.29 is 14.2 Å². The van der Waals surface area contributed by atoms with Crippen LogP contribution in [0.3, 0.4) is 0 Å². The molecule has 0 aliphatic rings. The predicted octanol–water partition coefficient (Wildman–Crippen LogP) is 3.16. The first-order valence-corrected chi connectivity index (χ1v) is 5.26. The normalized spacial score (nSPS) is 10.3. The highest BCUT2D eigenvalue weighted by atomic mass is 35.5. The number of hydrogen-bond donors (Lipinski definition) is 1. The van der Waals surface area contributed by atoms with Crippen molar-refractivity contribution in [3.05, 3.63) is 52.9 Å². The van der Waals surface area contributed by atoms with Crippen LogP contribution in [0.15, 0.2) is 36.5 Å². The monoisotopic (exact) mass is 253 g/mol. The average Bonchev–Trinajstić information content (AvgIpc) is 2.32. The fraction of sp³-hybridized carbons (Fsp3) is 0.0833. The van der Waals surface area contributed by atoms with Gasteiger partial charge in [-0.1, -0.05) is 17.7 Å². The van der Waals surface area contributed by atoms with Gasteiger partial charge in [0.1, 0.15) is 5.75 Å². The molecular formula is C12H9ClFNO2. The van der Waals surface area contributed by atoms with Crippen molar-refractivity contribution in [2.75, 3.05) is 0 Å². The van der Waals surface area contributed by atoms with Gasteiger partial charge in [-0.3, -0.25) is 0 Å². The first-order valence-electron chi connectivity index (χ1n) is 4.88. The first kappa shape index (κ1) is 11.8. The van der Waals surface area contributed by atoms with Crippen molar-refractivity contribution in [1.82, 2.24) is 4.98 Å². The van der Waals surface area contributed by atoms with E-state index < -0.39 is 12.4 Å². The number of pyridine rings is 1. The van der Waals surface area contributed by atoms with Crippen LogP contribution in [0, 0.1) is 5.82 Å². The molecule has 2 aromatic rings. The number of benzene rings is 1. The summed E-state index contributed by atoms with van der Waals surface area (Å²) in [5, 5.41) is 9.40. The number of halogens is 2. The van der Waals surface area contributed by atoms with Crippen LogP contribution in [0.25, 0.3) is 0 Å². The lowest BCUT2D eigenvalue weighted by atomic mass is 10.2. The summed E-state index contributed by atoms with van der Waals surface area (Å²) >= 11 is 5.78. The molecule has 0 aliphatic heterocycles. The number of aromatic nitrogens is 1. The average molecular weight is 254 g/mol. The highest BCUT2D eigenvalue weighted by Gasteiger charge is 2.10. The molecule has 0 spiro atoms. The zero-order chi connectivity index (χ0) is 12.3. The summed E-state index contributed by atoms with van der Waals surface area (Å²) in [4.78, 5) is 3.76. The molecule has 1 heterocycles. The van der Waals surface area contributed by atoms with E-state index in [9.17, 15) is 4.39 Å². The Balaban J connectivity index is 2.30. The zero-order valence-electron chi connectivity index (χ0n) is 8.73. The molecule has 2 rings (SSSR count). The van der Waals surface area contributed by atoms with E-state index in [-0.39, 0.29) is 11.4 Å². The van der Waals surface area contributed by atoms with Gasteiger partial charge < -0.3 is 9.84 Å². The van der Waals surface area contributed by atoms with Gasteiger partial charge in [-0.25, -0.2) is 9.37 Å². The molecule has 0 bridgehead atoms. The third kappa shape index (κ3) is 2.72. The fourth-order valence-corrected chi connectivity index (χ4v) is 1.48. The Bertz CT molecular complexity index is 534. The summed E-state index contributed by atoms with van der Waals surface area (Å²) in [7, 11) is 0. The van der Waals surface area contributed by atoms with Crippen molar-refractivity contribution in [2.24, 2.45) is 0 Å². The van der Waals surface area contributed by atoms with Gasteiger partial charge in [0.05, 0.1) is 6.61 Å². The minimum atomic E-state index is -0.671. The molecular weight excluding hydrogens is 245 g/mol. The van der Waals surface area contributed by atoms with E-state index in [2.05, 4.69) is 4.98 Å². The molecule has 1 N–H and O–H groups in total. The van der Waals surface area contributed by atoms with Crippen LogP contribution < -0.4 is 4.74 Å². The summed E-state index contributed by atoms with van der Waals surface area (Å²) in [5.41, 5.74) is 0.136. The van der Waals surface area contributed by atoms with Crippen LogP contribution in [0.1, 0.15) is 5.56 Å². The summed E-state index contributed by atoms with van der Waals surface area (Å²) in [6.45, 7) is -0.403. The molecule has 1 aromatic heterocycles. The molecule has 1 aromatic carbocycles. The van der Waals surface area contributed by atoms with E-state index in [1.807, 2.05) is 0 Å². The molecule has 0 unspecified atom stereocenters. The van der Waals surface area contributed by atoms with E-state index in [0.29, 0.717) is 10.8 Å². The van der Waals surface area contributed by atoms with Gasteiger partial charge in [0.2, 0.25) is 0 Å². The molecule has 0 fully saturated rings. The van der Waals surface area contributed by atoms with Gasteiger partial charge in [-0.05, 0) is 24.3 Å². The Kier molecular flexibility index (Phi) is 3.56. The molecule has 0 aliphatic carbocycles. The molecule has 0 radical (unpaired) electrons. The van der Waals surface area contributed by atoms with E-state index in [4.69, 9.17) is 21.4 Å². The van der Waals surface area contributed by atoms with Crippen molar-refractivity contribution >= 4 is 11.6 Å². The quantitative estimate of drug-likeness (QED) is 0.914. The lowest BCUT2D eigenvalue weighted by molar-refractivity contribution is 0.273. The topological polar surface area (TPSA) is 42.4 Å². The second-order valence-corrected chi connectivity index (χ2v) is 3.74. The summed E-state index contributed by atoms with van der Waals surface area (Å²) in [5.74, 6) is -0.465. The van der Waals surface area contributed by atoms with E-state index in [0.717, 1.165) is 0 Å². The number of rotatable bonds is 3. The first-order chi connectivity index (χ1) is 8.20. The van der Waals surface area contributed by atoms with E-state index in [1.165, 1.54) is 12.3 Å². The molecule has 5 heteroatoms. The maximum Gasteiger partial charge on any atom is 0.256 e. The zero-order valence-corrected chi connectivity index (χ0v) is 9.49. The van der Waals surface area contributed by atoms with Crippen LogP contribution in [0.2, 0.25) is 5.02 Å². The summed E-state index contributed by atoms with van der Waals surface area (Å²) < 4.78 is 18.9. The molecule has 88 valence electrons. The molecule has 3 nitrogen and oxygen atoms in total. The lowest BCUT2D eigenvalue weighted by Crippen LogP contribution is -1.97. The summed E-state index contributed by atoms with van der Waals surface area (Å²) in [6.07, 6.45) is 1.37. The Morgan fingerprint density at radius 1 is 1.35 bits per heavy atom. The van der Waals surface area contributed by atoms with Crippen molar-refractivity contribution in [3.8, 4) is 11.6 Å². The number of aliphatic hydroxyl groups excluding tert-OH is 1. The van der Waals surface area contributed by atoms with Crippen molar-refractivity contribution in [3.63, 3.8) is 0 Å². The maximum atomic E-state index is 13.7. The molecule has 0 saturated heterocycles. The number of ether oxygens (including phenoxy) is 1. The molecule has 17 heavy (non-hydrogen) atoms. The van der Waals surface area contributed by atoms with Gasteiger partial charge in [-0.2, -0.15) is 0 Å². The summed E-state index contributed by atoms with van der Waals surface area (Å²) in [6, 6.07) is 7.95. The van der Waals surface area contributed by atoms with Gasteiger partial charge in [0.15, 0.2) is 5.82 Å². The Hall–Kier alpha value is -1.65. The molecule has 0 atom stereocenters. The molecule has 0 amide bonds. The SMILES string of the molecule is OCc1ccnc(Oc2cccc(Cl)c2)c1F. The van der Waals surface area contributed by atoms with E-state index in [1.54, 1.807) is 24.3 Å². The smallest absolute Gasteiger partial charge is 0.256 e. The molecule has 0 saturated carbocycles. The van der Waals surface area contributed by atoms with Gasteiger partial charge >= 0.3 is 0 Å². The van der Waals surface area contributed by atoms with Crippen molar-refractivity contribution in [2.45, 2.75) is 6.61 Å². The van der Waals surface area contributed by atoms with E-state index >= 15 is 0 Å². The van der Waals surface area contributed by atoms with Crippen LogP contribution >= 0.6 is 11.6 Å².